The lowest BCUT2D eigenvalue weighted by Gasteiger charge is -2.41. The van der Waals surface area contributed by atoms with Crippen LogP contribution in [0.1, 0.15) is 38.2 Å². The second-order valence-electron chi connectivity index (χ2n) is 7.23. The van der Waals surface area contributed by atoms with Gasteiger partial charge in [-0.25, -0.2) is 4.99 Å². The third kappa shape index (κ3) is 4.79. The molecule has 0 spiro atoms. The highest BCUT2D eigenvalue weighted by molar-refractivity contribution is 5.76. The van der Waals surface area contributed by atoms with E-state index >= 15 is 0 Å². The third-order valence-electron chi connectivity index (χ3n) is 5.17. The van der Waals surface area contributed by atoms with Gasteiger partial charge >= 0.3 is 0 Å². The summed E-state index contributed by atoms with van der Waals surface area (Å²) in [5, 5.41) is 34.0. The average Bonchev–Trinajstić information content (AvgIpc) is 3.11. The van der Waals surface area contributed by atoms with Crippen molar-refractivity contribution in [1.82, 2.24) is 5.32 Å². The number of rotatable bonds is 8. The Kier molecular flexibility index (Phi) is 7.07. The Morgan fingerprint density at radius 2 is 1.81 bits per heavy atom. The quantitative estimate of drug-likeness (QED) is 0.503. The molecule has 7 heteroatoms. The lowest BCUT2D eigenvalue weighted by atomic mass is 9.83. The van der Waals surface area contributed by atoms with Gasteiger partial charge in [-0.05, 0) is 12.0 Å². The Balaban J connectivity index is 1.64. The lowest BCUT2D eigenvalue weighted by molar-refractivity contribution is -0.191. The first kappa shape index (κ1) is 20.1. The maximum atomic E-state index is 10.4. The van der Waals surface area contributed by atoms with Crippen molar-refractivity contribution < 1.29 is 24.8 Å². The molecule has 0 bridgehead atoms. The van der Waals surface area contributed by atoms with E-state index in [-0.39, 0.29) is 0 Å². The molecule has 1 saturated carbocycles. The Hall–Kier alpha value is -1.67. The van der Waals surface area contributed by atoms with Crippen LogP contribution in [0.2, 0.25) is 0 Å². The summed E-state index contributed by atoms with van der Waals surface area (Å²) in [7, 11) is 0. The molecule has 150 valence electrons. The van der Waals surface area contributed by atoms with Crippen LogP contribution < -0.4 is 5.32 Å². The van der Waals surface area contributed by atoms with Gasteiger partial charge in [-0.2, -0.15) is 0 Å². The Morgan fingerprint density at radius 3 is 2.56 bits per heavy atom. The molecule has 0 amide bonds. The zero-order valence-electron chi connectivity index (χ0n) is 15.7. The summed E-state index contributed by atoms with van der Waals surface area (Å²) in [6.45, 7) is 3.09. The molecule has 1 aliphatic carbocycles. The number of aliphatic imine (C=N–C) groups is 1. The van der Waals surface area contributed by atoms with Gasteiger partial charge in [0.05, 0.1) is 12.6 Å². The van der Waals surface area contributed by atoms with Crippen LogP contribution in [-0.2, 0) is 16.1 Å². The Labute approximate surface area is 160 Å². The number of nitrogens with zero attached hydrogens (tertiary/aromatic N) is 1. The highest BCUT2D eigenvalue weighted by atomic mass is 16.6. The average molecular weight is 378 g/mol. The minimum Gasteiger partial charge on any atom is -0.457 e. The first-order valence-corrected chi connectivity index (χ1v) is 9.79. The van der Waals surface area contributed by atoms with Crippen molar-refractivity contribution in [1.29, 1.82) is 0 Å². The van der Waals surface area contributed by atoms with Crippen molar-refractivity contribution in [2.75, 3.05) is 6.54 Å². The van der Waals surface area contributed by atoms with E-state index in [1.54, 1.807) is 0 Å². The summed E-state index contributed by atoms with van der Waals surface area (Å²) in [6, 6.07) is 9.48. The van der Waals surface area contributed by atoms with E-state index in [1.165, 1.54) is 6.42 Å². The molecule has 4 N–H and O–H groups in total. The summed E-state index contributed by atoms with van der Waals surface area (Å²) < 4.78 is 11.6. The van der Waals surface area contributed by atoms with E-state index in [0.29, 0.717) is 19.2 Å². The van der Waals surface area contributed by atoms with Gasteiger partial charge in [0, 0.05) is 6.54 Å². The fraction of sp³-hybridized carbons (Fsp3) is 0.650. The number of nitrogens with one attached hydrogen (secondary N) is 1. The zero-order valence-corrected chi connectivity index (χ0v) is 15.7. The van der Waals surface area contributed by atoms with Crippen LogP contribution in [0.15, 0.2) is 35.3 Å². The molecule has 2 fully saturated rings. The predicted octanol–water partition coefficient (Wildman–Crippen LogP) is 0.961. The summed E-state index contributed by atoms with van der Waals surface area (Å²) in [5.41, 5.74) is 0.964. The van der Waals surface area contributed by atoms with Crippen molar-refractivity contribution in [3.63, 3.8) is 0 Å². The molecule has 1 aromatic carbocycles. The third-order valence-corrected chi connectivity index (χ3v) is 5.17. The number of hydrogen-bond donors (Lipinski definition) is 4. The van der Waals surface area contributed by atoms with Crippen LogP contribution in [0, 0.1) is 0 Å². The molecule has 1 saturated heterocycles. The largest absolute Gasteiger partial charge is 0.457 e. The highest BCUT2D eigenvalue weighted by Gasteiger charge is 2.55. The van der Waals surface area contributed by atoms with Crippen molar-refractivity contribution in [3.8, 4) is 0 Å². The van der Waals surface area contributed by atoms with Crippen molar-refractivity contribution in [2.24, 2.45) is 4.99 Å². The number of benzene rings is 1. The van der Waals surface area contributed by atoms with Gasteiger partial charge < -0.3 is 30.1 Å². The summed E-state index contributed by atoms with van der Waals surface area (Å²) in [5.74, 6) is 0. The Morgan fingerprint density at radius 1 is 1.04 bits per heavy atom. The molecule has 0 aromatic heterocycles. The number of hydrogen-bond acceptors (Lipinski definition) is 6. The minimum atomic E-state index is -1.34. The number of fused-ring (bicyclic) bond motifs is 1. The second-order valence-corrected chi connectivity index (χ2v) is 7.23. The molecule has 0 radical (unpaired) electrons. The van der Waals surface area contributed by atoms with E-state index in [2.05, 4.69) is 17.2 Å². The molecule has 7 nitrogen and oxygen atoms in total. The molecule has 6 unspecified atom stereocenters. The second kappa shape index (κ2) is 9.50. The van der Waals surface area contributed by atoms with Crippen LogP contribution in [0.25, 0.3) is 0 Å². The SMILES string of the molecule is CCCCCCN=C1NC2C(OCc3ccccc3)C(O)C(O)C(O)C2O1. The van der Waals surface area contributed by atoms with Crippen LogP contribution in [-0.4, -0.2) is 64.4 Å². The smallest absolute Gasteiger partial charge is 0.285 e. The van der Waals surface area contributed by atoms with Gasteiger partial charge in [0.25, 0.3) is 6.02 Å². The van der Waals surface area contributed by atoms with Gasteiger partial charge in [0.1, 0.15) is 24.4 Å². The molecule has 2 aliphatic rings. The molecular formula is C20H30N2O5. The van der Waals surface area contributed by atoms with Crippen molar-refractivity contribution >= 4 is 6.02 Å². The van der Waals surface area contributed by atoms with Crippen molar-refractivity contribution in [2.45, 2.75) is 75.8 Å². The van der Waals surface area contributed by atoms with Crippen LogP contribution in [0.5, 0.6) is 0 Å². The topological polar surface area (TPSA) is 104 Å². The first-order valence-electron chi connectivity index (χ1n) is 9.79. The molecule has 6 atom stereocenters. The van der Waals surface area contributed by atoms with E-state index in [1.807, 2.05) is 30.3 Å². The standard InChI is InChI=1S/C20H30N2O5/c1-2-3-4-8-11-21-20-22-14-18(26-12-13-9-6-5-7-10-13)16(24)15(23)17(25)19(14)27-20/h5-7,9-10,14-19,23-25H,2-4,8,11-12H2,1H3,(H,21,22). The maximum absolute atomic E-state index is 10.4. The molecule has 27 heavy (non-hydrogen) atoms. The summed E-state index contributed by atoms with van der Waals surface area (Å²) in [6.07, 6.45) is -0.762. The fourth-order valence-electron chi connectivity index (χ4n) is 3.59. The van der Waals surface area contributed by atoms with Crippen molar-refractivity contribution in [3.05, 3.63) is 35.9 Å². The van der Waals surface area contributed by atoms with Gasteiger partial charge in [-0.3, -0.25) is 0 Å². The van der Waals surface area contributed by atoms with Gasteiger partial charge in [-0.1, -0.05) is 56.5 Å². The number of aliphatic hydroxyl groups is 3. The normalized spacial score (nSPS) is 34.1. The molecule has 3 rings (SSSR count). The lowest BCUT2D eigenvalue weighted by Crippen LogP contribution is -2.65. The van der Waals surface area contributed by atoms with Crippen LogP contribution in [0.3, 0.4) is 0 Å². The van der Waals surface area contributed by atoms with Gasteiger partial charge in [0.2, 0.25) is 0 Å². The number of aliphatic hydroxyl groups excluding tert-OH is 3. The van der Waals surface area contributed by atoms with Crippen LogP contribution >= 0.6 is 0 Å². The number of unbranched alkanes of at least 4 members (excludes halogenated alkanes) is 3. The number of amidine groups is 1. The monoisotopic (exact) mass is 378 g/mol. The molecule has 1 heterocycles. The van der Waals surface area contributed by atoms with E-state index in [0.717, 1.165) is 24.8 Å². The predicted molar refractivity (Wildman–Crippen MR) is 101 cm³/mol. The van der Waals surface area contributed by atoms with E-state index in [9.17, 15) is 15.3 Å². The van der Waals surface area contributed by atoms with Gasteiger partial charge in [0.15, 0.2) is 6.10 Å². The van der Waals surface area contributed by atoms with Gasteiger partial charge in [-0.15, -0.1) is 0 Å². The van der Waals surface area contributed by atoms with E-state index < -0.39 is 36.6 Å². The van der Waals surface area contributed by atoms with E-state index in [4.69, 9.17) is 9.47 Å². The summed E-state index contributed by atoms with van der Waals surface area (Å²) in [4.78, 5) is 4.41. The maximum Gasteiger partial charge on any atom is 0.285 e. The minimum absolute atomic E-state index is 0.291. The highest BCUT2D eigenvalue weighted by Crippen LogP contribution is 2.30. The van der Waals surface area contributed by atoms with Crippen LogP contribution in [0.4, 0.5) is 0 Å². The zero-order chi connectivity index (χ0) is 19.2. The molecule has 1 aliphatic heterocycles. The number of ether oxygens (including phenoxy) is 2. The Bertz CT molecular complexity index is 612. The summed E-state index contributed by atoms with van der Waals surface area (Å²) >= 11 is 0. The molecular weight excluding hydrogens is 348 g/mol. The fourth-order valence-corrected chi connectivity index (χ4v) is 3.59. The molecule has 1 aromatic rings. The first-order chi connectivity index (χ1) is 13.1.